The van der Waals surface area contributed by atoms with Crippen molar-refractivity contribution in [1.29, 1.82) is 0 Å². The van der Waals surface area contributed by atoms with Crippen molar-refractivity contribution >= 4 is 25.2 Å². The Morgan fingerprint density at radius 2 is 1.37 bits per heavy atom. The summed E-state index contributed by atoms with van der Waals surface area (Å²) in [5.74, 6) is 0.736. The van der Waals surface area contributed by atoms with Crippen LogP contribution in [0.2, 0.25) is 45.3 Å². The van der Waals surface area contributed by atoms with Gasteiger partial charge in [0.1, 0.15) is 24.6 Å². The number of rotatable bonds is 22. The van der Waals surface area contributed by atoms with Crippen molar-refractivity contribution in [2.45, 2.75) is 115 Å². The fourth-order valence-corrected chi connectivity index (χ4v) is 18.9. The van der Waals surface area contributed by atoms with E-state index in [-0.39, 0.29) is 13.2 Å². The molecule has 0 bridgehead atoms. The minimum Gasteiger partial charge on any atom is -0.491 e. The van der Waals surface area contributed by atoms with Gasteiger partial charge in [-0.3, -0.25) is 0 Å². The second-order valence-corrected chi connectivity index (χ2v) is 25.3. The normalized spacial score (nSPS) is 17.0. The number of hydrogen-bond donors (Lipinski definition) is 2. The van der Waals surface area contributed by atoms with Gasteiger partial charge in [0.15, 0.2) is 8.32 Å². The Morgan fingerprint density at radius 1 is 0.732 bits per heavy atom. The van der Waals surface area contributed by atoms with Gasteiger partial charge in [-0.15, -0.1) is 0 Å². The van der Waals surface area contributed by atoms with E-state index in [2.05, 4.69) is 39.3 Å². The second-order valence-electron chi connectivity index (χ2n) is 13.0. The van der Waals surface area contributed by atoms with Crippen LogP contribution in [0, 0.1) is 0 Å². The van der Waals surface area contributed by atoms with Gasteiger partial charge in [0, 0.05) is 6.61 Å². The molecule has 2 rings (SSSR count). The Hall–Kier alpha value is -0.609. The number of aliphatic hydroxyl groups excluding tert-OH is 2. The lowest BCUT2D eigenvalue weighted by molar-refractivity contribution is -0.0531. The summed E-state index contributed by atoms with van der Waals surface area (Å²) in [7, 11) is -6.35. The lowest BCUT2D eigenvalue weighted by Crippen LogP contribution is -2.54. The largest absolute Gasteiger partial charge is 0.491 e. The molecule has 0 amide bonds. The van der Waals surface area contributed by atoms with Crippen molar-refractivity contribution in [2.24, 2.45) is 0 Å². The lowest BCUT2D eigenvalue weighted by Gasteiger charge is -2.38. The van der Waals surface area contributed by atoms with Crippen LogP contribution >= 0.6 is 0 Å². The quantitative estimate of drug-likeness (QED) is 0.119. The molecule has 1 saturated carbocycles. The molecular weight excluding hydrogens is 573 g/mol. The Balaban J connectivity index is 1.54. The number of para-hydroxylation sites is 1. The third-order valence-electron chi connectivity index (χ3n) is 6.94. The molecular formula is C30H58O8Si3. The summed E-state index contributed by atoms with van der Waals surface area (Å²) < 4.78 is 36.3. The van der Waals surface area contributed by atoms with Crippen LogP contribution in [0.25, 0.3) is 0 Å². The zero-order chi connectivity index (χ0) is 30.2. The average molecular weight is 631 g/mol. The molecule has 238 valence electrons. The van der Waals surface area contributed by atoms with E-state index in [0.29, 0.717) is 32.2 Å². The fourth-order valence-electron chi connectivity index (χ4n) is 5.31. The van der Waals surface area contributed by atoms with Gasteiger partial charge in [0.2, 0.25) is 8.32 Å². The van der Waals surface area contributed by atoms with Crippen molar-refractivity contribution in [2.75, 3.05) is 39.3 Å². The topological polar surface area (TPSA) is 95.8 Å². The Kier molecular flexibility index (Phi) is 16.9. The summed E-state index contributed by atoms with van der Waals surface area (Å²) in [6.45, 7) is 14.9. The molecule has 1 aromatic rings. The predicted octanol–water partition coefficient (Wildman–Crippen LogP) is 6.02. The van der Waals surface area contributed by atoms with Crippen LogP contribution in [-0.2, 0) is 22.4 Å². The number of benzene rings is 1. The standard InChI is InChI=1S/C30H58O8Si3/c1-39(2,21-15-9-14-20-33-22-27(31)24-35-29-16-10-7-11-17-29)37-41(5,6)38-40(3,4)26-34-23-28(32)25-36-30-18-12-8-13-19-30/h8,12-13,18-19,27-29,31-32H,7,9-11,14-17,20-26H2,1-6H3. The van der Waals surface area contributed by atoms with E-state index in [1.807, 2.05) is 30.3 Å². The van der Waals surface area contributed by atoms with Gasteiger partial charge in [-0.2, -0.15) is 0 Å². The van der Waals surface area contributed by atoms with Crippen molar-refractivity contribution in [3.8, 4) is 5.75 Å². The lowest BCUT2D eigenvalue weighted by atomic mass is 9.98. The number of hydrogen-bond acceptors (Lipinski definition) is 8. The van der Waals surface area contributed by atoms with Crippen LogP contribution in [0.3, 0.4) is 0 Å². The zero-order valence-corrected chi connectivity index (χ0v) is 29.6. The molecule has 2 N–H and O–H groups in total. The molecule has 2 unspecified atom stereocenters. The maximum atomic E-state index is 10.2. The smallest absolute Gasteiger partial charge is 0.311 e. The van der Waals surface area contributed by atoms with Crippen LogP contribution in [0.4, 0.5) is 0 Å². The highest BCUT2D eigenvalue weighted by Gasteiger charge is 2.39. The average Bonchev–Trinajstić information content (AvgIpc) is 2.90. The second kappa shape index (κ2) is 18.9. The molecule has 1 aliphatic rings. The van der Waals surface area contributed by atoms with Crippen LogP contribution in [0.1, 0.15) is 51.4 Å². The van der Waals surface area contributed by atoms with E-state index in [9.17, 15) is 10.2 Å². The molecule has 0 spiro atoms. The first-order chi connectivity index (χ1) is 19.4. The first kappa shape index (κ1) is 36.6. The molecule has 0 aliphatic heterocycles. The van der Waals surface area contributed by atoms with Crippen LogP contribution < -0.4 is 4.74 Å². The molecule has 8 nitrogen and oxygen atoms in total. The van der Waals surface area contributed by atoms with Crippen molar-refractivity contribution < 1.29 is 37.4 Å². The summed E-state index contributed by atoms with van der Waals surface area (Å²) in [4.78, 5) is 0. The summed E-state index contributed by atoms with van der Waals surface area (Å²) in [5, 5.41) is 20.3. The van der Waals surface area contributed by atoms with Gasteiger partial charge in [0.05, 0.1) is 32.2 Å². The molecule has 0 heterocycles. The number of aliphatic hydroxyl groups is 2. The minimum atomic E-state index is -2.33. The molecule has 0 radical (unpaired) electrons. The maximum absolute atomic E-state index is 10.2. The third kappa shape index (κ3) is 17.9. The molecule has 11 heteroatoms. The van der Waals surface area contributed by atoms with Gasteiger partial charge in [-0.25, -0.2) is 0 Å². The fraction of sp³-hybridized carbons (Fsp3) is 0.800. The summed E-state index contributed by atoms with van der Waals surface area (Å²) in [5.41, 5.74) is 0. The Labute approximate surface area is 252 Å². The van der Waals surface area contributed by atoms with E-state index in [4.69, 9.17) is 27.2 Å². The first-order valence-corrected chi connectivity index (χ1v) is 24.6. The molecule has 2 atom stereocenters. The maximum Gasteiger partial charge on any atom is 0.311 e. The van der Waals surface area contributed by atoms with Crippen molar-refractivity contribution in [3.05, 3.63) is 30.3 Å². The van der Waals surface area contributed by atoms with E-state index < -0.39 is 37.4 Å². The van der Waals surface area contributed by atoms with Crippen LogP contribution in [-0.4, -0.2) is 93.0 Å². The molecule has 1 aliphatic carbocycles. The van der Waals surface area contributed by atoms with Crippen LogP contribution in [0.5, 0.6) is 5.75 Å². The molecule has 1 aromatic carbocycles. The van der Waals surface area contributed by atoms with Crippen molar-refractivity contribution in [1.82, 2.24) is 0 Å². The molecule has 0 aromatic heterocycles. The molecule has 0 saturated heterocycles. The summed E-state index contributed by atoms with van der Waals surface area (Å²) in [6, 6.07) is 10.6. The van der Waals surface area contributed by atoms with Crippen molar-refractivity contribution in [3.63, 3.8) is 0 Å². The predicted molar refractivity (Wildman–Crippen MR) is 172 cm³/mol. The highest BCUT2D eigenvalue weighted by molar-refractivity contribution is 6.87. The monoisotopic (exact) mass is 630 g/mol. The van der Waals surface area contributed by atoms with E-state index in [1.54, 1.807) is 0 Å². The Bertz CT molecular complexity index is 806. The van der Waals surface area contributed by atoms with Gasteiger partial charge in [0.25, 0.3) is 0 Å². The number of unbranched alkanes of at least 4 members (excludes halogenated alkanes) is 2. The SMILES string of the molecule is C[Si](C)(CCCCCOCC(O)COC1CCCCC1)O[Si](C)(C)O[Si](C)(C)COCC(O)COc1ccccc1. The Morgan fingerprint density at radius 3 is 2.07 bits per heavy atom. The van der Waals surface area contributed by atoms with E-state index >= 15 is 0 Å². The first-order valence-electron chi connectivity index (χ1n) is 15.6. The number of ether oxygens (including phenoxy) is 4. The molecule has 41 heavy (non-hydrogen) atoms. The minimum absolute atomic E-state index is 0.194. The summed E-state index contributed by atoms with van der Waals surface area (Å²) >= 11 is 0. The highest BCUT2D eigenvalue weighted by Crippen LogP contribution is 2.25. The van der Waals surface area contributed by atoms with Gasteiger partial charge >= 0.3 is 8.56 Å². The van der Waals surface area contributed by atoms with Gasteiger partial charge in [-0.1, -0.05) is 50.3 Å². The third-order valence-corrected chi connectivity index (χ3v) is 17.8. The van der Waals surface area contributed by atoms with Crippen LogP contribution in [0.15, 0.2) is 30.3 Å². The van der Waals surface area contributed by atoms with Gasteiger partial charge < -0.3 is 37.4 Å². The van der Waals surface area contributed by atoms with E-state index in [0.717, 1.165) is 43.9 Å². The van der Waals surface area contributed by atoms with E-state index in [1.165, 1.54) is 19.3 Å². The van der Waals surface area contributed by atoms with Gasteiger partial charge in [-0.05, 0) is 76.7 Å². The zero-order valence-electron chi connectivity index (χ0n) is 26.6. The highest BCUT2D eigenvalue weighted by atomic mass is 28.5. The molecule has 1 fully saturated rings. The summed E-state index contributed by atoms with van der Waals surface area (Å²) in [6.07, 6.45) is 8.78.